The highest BCUT2D eigenvalue weighted by Gasteiger charge is 2.27. The molecule has 1 aliphatic heterocycles. The first-order valence-electron chi connectivity index (χ1n) is 9.91. The van der Waals surface area contributed by atoms with E-state index in [-0.39, 0.29) is 10.7 Å². The zero-order valence-corrected chi connectivity index (χ0v) is 17.8. The van der Waals surface area contributed by atoms with Gasteiger partial charge in [-0.2, -0.15) is 4.31 Å². The van der Waals surface area contributed by atoms with Gasteiger partial charge in [0.1, 0.15) is 5.58 Å². The molecule has 0 unspecified atom stereocenters. The van der Waals surface area contributed by atoms with Crippen molar-refractivity contribution in [3.05, 3.63) is 59.9 Å². The van der Waals surface area contributed by atoms with Crippen molar-refractivity contribution < 1.29 is 27.2 Å². The van der Waals surface area contributed by atoms with E-state index in [0.717, 1.165) is 18.2 Å². The summed E-state index contributed by atoms with van der Waals surface area (Å²) >= 11 is 0. The Balaban J connectivity index is 1.35. The molecule has 0 bridgehead atoms. The molecule has 1 fully saturated rings. The molecular formula is C22H22N2O6S. The molecule has 0 atom stereocenters. The van der Waals surface area contributed by atoms with Crippen LogP contribution in [0.15, 0.2) is 57.8 Å². The lowest BCUT2D eigenvalue weighted by atomic mass is 10.1. The number of nitrogens with zero attached hydrogens (tertiary/aromatic N) is 1. The summed E-state index contributed by atoms with van der Waals surface area (Å²) in [5, 5.41) is 3.39. The van der Waals surface area contributed by atoms with Gasteiger partial charge in [0.05, 0.1) is 4.90 Å². The largest absolute Gasteiger partial charge is 0.450 e. The van der Waals surface area contributed by atoms with Gasteiger partial charge < -0.3 is 14.5 Å². The monoisotopic (exact) mass is 442 g/mol. The van der Waals surface area contributed by atoms with Gasteiger partial charge >= 0.3 is 5.97 Å². The summed E-state index contributed by atoms with van der Waals surface area (Å²) in [6.45, 7) is 2.30. The molecule has 1 saturated heterocycles. The normalized spacial score (nSPS) is 14.6. The zero-order valence-electron chi connectivity index (χ0n) is 17.0. The summed E-state index contributed by atoms with van der Waals surface area (Å²) in [6, 6.07) is 13.1. The third-order valence-corrected chi connectivity index (χ3v) is 7.12. The second kappa shape index (κ2) is 8.52. The van der Waals surface area contributed by atoms with E-state index in [1.807, 2.05) is 12.1 Å². The molecule has 1 aliphatic rings. The number of sulfonamides is 1. The van der Waals surface area contributed by atoms with E-state index in [1.54, 1.807) is 19.1 Å². The molecule has 0 spiro atoms. The highest BCUT2D eigenvalue weighted by molar-refractivity contribution is 7.89. The molecule has 0 aliphatic carbocycles. The number of benzene rings is 2. The van der Waals surface area contributed by atoms with E-state index in [9.17, 15) is 18.0 Å². The number of ether oxygens (including phenoxy) is 1. The van der Waals surface area contributed by atoms with E-state index in [4.69, 9.17) is 9.15 Å². The van der Waals surface area contributed by atoms with Gasteiger partial charge in [-0.25, -0.2) is 13.2 Å². The van der Waals surface area contributed by atoms with Gasteiger partial charge in [-0.1, -0.05) is 18.2 Å². The molecule has 162 valence electrons. The number of fused-ring (bicyclic) bond motifs is 1. The Kier molecular flexibility index (Phi) is 5.79. The number of carbonyl (C=O) groups excluding carboxylic acids is 2. The van der Waals surface area contributed by atoms with E-state index in [1.165, 1.54) is 28.6 Å². The van der Waals surface area contributed by atoms with Crippen LogP contribution in [0.3, 0.4) is 0 Å². The number of furan rings is 1. The predicted octanol–water partition coefficient (Wildman–Crippen LogP) is 3.32. The van der Waals surface area contributed by atoms with Crippen LogP contribution in [0.4, 0.5) is 5.69 Å². The van der Waals surface area contributed by atoms with E-state index < -0.39 is 28.5 Å². The Morgan fingerprint density at radius 3 is 2.42 bits per heavy atom. The number of rotatable bonds is 6. The lowest BCUT2D eigenvalue weighted by Crippen LogP contribution is -2.27. The molecule has 0 saturated carbocycles. The third kappa shape index (κ3) is 4.33. The minimum Gasteiger partial charge on any atom is -0.450 e. The van der Waals surface area contributed by atoms with Crippen molar-refractivity contribution in [1.82, 2.24) is 4.31 Å². The fourth-order valence-electron chi connectivity index (χ4n) is 3.55. The molecule has 2 heterocycles. The zero-order chi connectivity index (χ0) is 22.0. The standard InChI is InChI=1S/C22H22N2O6S/c1-15-18-6-2-3-7-19(18)30-21(15)22(26)29-14-20(25)23-16-8-10-17(11-9-16)31(27,28)24-12-4-5-13-24/h2-3,6-11H,4-5,12-14H2,1H3,(H,23,25). The first-order chi connectivity index (χ1) is 14.9. The maximum atomic E-state index is 12.5. The summed E-state index contributed by atoms with van der Waals surface area (Å²) < 4.78 is 37.1. The summed E-state index contributed by atoms with van der Waals surface area (Å²) in [5.41, 5.74) is 1.62. The molecule has 4 rings (SSSR count). The van der Waals surface area contributed by atoms with Gasteiger partial charge in [0.15, 0.2) is 6.61 Å². The summed E-state index contributed by atoms with van der Waals surface area (Å²) in [5.74, 6) is -1.21. The van der Waals surface area contributed by atoms with Crippen molar-refractivity contribution in [2.24, 2.45) is 0 Å². The van der Waals surface area contributed by atoms with Crippen LogP contribution in [0, 0.1) is 6.92 Å². The van der Waals surface area contributed by atoms with Gasteiger partial charge in [-0.05, 0) is 50.1 Å². The van der Waals surface area contributed by atoms with Crippen LogP contribution < -0.4 is 5.32 Å². The Morgan fingerprint density at radius 2 is 1.74 bits per heavy atom. The fraction of sp³-hybridized carbons (Fsp3) is 0.273. The maximum Gasteiger partial charge on any atom is 0.375 e. The molecule has 31 heavy (non-hydrogen) atoms. The Labute approximate surface area is 179 Å². The minimum atomic E-state index is -3.51. The first-order valence-corrected chi connectivity index (χ1v) is 11.4. The van der Waals surface area contributed by atoms with Crippen LogP contribution in [-0.2, 0) is 19.6 Å². The van der Waals surface area contributed by atoms with E-state index in [0.29, 0.717) is 29.9 Å². The number of amides is 1. The Hall–Kier alpha value is -3.17. The van der Waals surface area contributed by atoms with Crippen molar-refractivity contribution >= 4 is 38.6 Å². The van der Waals surface area contributed by atoms with Crippen LogP contribution in [-0.4, -0.2) is 44.3 Å². The van der Waals surface area contributed by atoms with Crippen LogP contribution in [0.5, 0.6) is 0 Å². The SMILES string of the molecule is Cc1c(C(=O)OCC(=O)Nc2ccc(S(=O)(=O)N3CCCC3)cc2)oc2ccccc12. The topological polar surface area (TPSA) is 106 Å². The molecule has 3 aromatic rings. The number of aryl methyl sites for hydroxylation is 1. The van der Waals surface area contributed by atoms with E-state index in [2.05, 4.69) is 5.32 Å². The van der Waals surface area contributed by atoms with Crippen LogP contribution >= 0.6 is 0 Å². The van der Waals surface area contributed by atoms with Gasteiger partial charge in [-0.15, -0.1) is 0 Å². The number of hydrogen-bond acceptors (Lipinski definition) is 6. The van der Waals surface area contributed by atoms with Crippen LogP contribution in [0.25, 0.3) is 11.0 Å². The molecule has 2 aromatic carbocycles. The molecule has 8 nitrogen and oxygen atoms in total. The lowest BCUT2D eigenvalue weighted by Gasteiger charge is -2.15. The first kappa shape index (κ1) is 21.1. The number of nitrogens with one attached hydrogen (secondary N) is 1. The van der Waals surface area contributed by atoms with Crippen LogP contribution in [0.2, 0.25) is 0 Å². The molecular weight excluding hydrogens is 420 g/mol. The third-order valence-electron chi connectivity index (χ3n) is 5.20. The van der Waals surface area contributed by atoms with E-state index >= 15 is 0 Å². The van der Waals surface area contributed by atoms with Gasteiger partial charge in [0.2, 0.25) is 15.8 Å². The summed E-state index contributed by atoms with van der Waals surface area (Å²) in [6.07, 6.45) is 1.72. The van der Waals surface area contributed by atoms with Crippen molar-refractivity contribution in [3.63, 3.8) is 0 Å². The van der Waals surface area contributed by atoms with Crippen molar-refractivity contribution in [3.8, 4) is 0 Å². The molecule has 1 N–H and O–H groups in total. The quantitative estimate of drug-likeness (QED) is 0.587. The predicted molar refractivity (Wildman–Crippen MR) is 114 cm³/mol. The lowest BCUT2D eigenvalue weighted by molar-refractivity contribution is -0.119. The minimum absolute atomic E-state index is 0.0606. The highest BCUT2D eigenvalue weighted by Crippen LogP contribution is 2.25. The summed E-state index contributed by atoms with van der Waals surface area (Å²) in [7, 11) is -3.51. The van der Waals surface area contributed by atoms with Crippen molar-refractivity contribution in [2.75, 3.05) is 25.0 Å². The molecule has 9 heteroatoms. The fourth-order valence-corrected chi connectivity index (χ4v) is 5.07. The number of hydrogen-bond donors (Lipinski definition) is 1. The maximum absolute atomic E-state index is 12.5. The highest BCUT2D eigenvalue weighted by atomic mass is 32.2. The second-order valence-corrected chi connectivity index (χ2v) is 9.25. The molecule has 1 aromatic heterocycles. The molecule has 0 radical (unpaired) electrons. The van der Waals surface area contributed by atoms with Crippen LogP contribution in [0.1, 0.15) is 29.0 Å². The summed E-state index contributed by atoms with van der Waals surface area (Å²) in [4.78, 5) is 24.6. The number of carbonyl (C=O) groups is 2. The Morgan fingerprint density at radius 1 is 1.06 bits per heavy atom. The smallest absolute Gasteiger partial charge is 0.375 e. The van der Waals surface area contributed by atoms with Crippen molar-refractivity contribution in [2.45, 2.75) is 24.7 Å². The second-order valence-electron chi connectivity index (χ2n) is 7.31. The average Bonchev–Trinajstić information content (AvgIpc) is 3.42. The molecule has 1 amide bonds. The number of esters is 1. The van der Waals surface area contributed by atoms with Crippen molar-refractivity contribution in [1.29, 1.82) is 0 Å². The average molecular weight is 442 g/mol. The van der Waals surface area contributed by atoms with Gasteiger partial charge in [-0.3, -0.25) is 4.79 Å². The van der Waals surface area contributed by atoms with Gasteiger partial charge in [0, 0.05) is 29.7 Å². The van der Waals surface area contributed by atoms with Gasteiger partial charge in [0.25, 0.3) is 5.91 Å². The number of anilines is 1. The Bertz CT molecular complexity index is 1220. The number of para-hydroxylation sites is 1.